The van der Waals surface area contributed by atoms with Gasteiger partial charge in [0.2, 0.25) is 0 Å². The molecule has 0 saturated heterocycles. The Morgan fingerprint density at radius 3 is 2.43 bits per heavy atom. The third-order valence-corrected chi connectivity index (χ3v) is 4.98. The van der Waals surface area contributed by atoms with E-state index in [9.17, 15) is 0 Å². The predicted molar refractivity (Wildman–Crippen MR) is 111 cm³/mol. The quantitative estimate of drug-likeness (QED) is 0.614. The highest BCUT2D eigenvalue weighted by atomic mass is 16.5. The Morgan fingerprint density at radius 1 is 1.04 bits per heavy atom. The van der Waals surface area contributed by atoms with Crippen molar-refractivity contribution in [3.05, 3.63) is 58.7 Å². The highest BCUT2D eigenvalue weighted by Crippen LogP contribution is 2.33. The molecule has 1 N–H and O–H groups in total. The van der Waals surface area contributed by atoms with Crippen molar-refractivity contribution in [3.8, 4) is 11.5 Å². The van der Waals surface area contributed by atoms with Crippen LogP contribution in [0.5, 0.6) is 11.5 Å². The second-order valence-electron chi connectivity index (χ2n) is 6.80. The summed E-state index contributed by atoms with van der Waals surface area (Å²) in [7, 11) is 6.88. The van der Waals surface area contributed by atoms with Gasteiger partial charge in [-0.3, -0.25) is 4.99 Å². The number of hydrogen-bond donors (Lipinski definition) is 1. The van der Waals surface area contributed by atoms with Crippen molar-refractivity contribution in [1.82, 2.24) is 10.2 Å². The van der Waals surface area contributed by atoms with E-state index in [-0.39, 0.29) is 0 Å². The molecule has 2 aromatic rings. The lowest BCUT2D eigenvalue weighted by Crippen LogP contribution is -2.43. The molecule has 0 bridgehead atoms. The van der Waals surface area contributed by atoms with E-state index in [1.807, 2.05) is 7.05 Å². The fraction of sp³-hybridized carbons (Fsp3) is 0.409. The van der Waals surface area contributed by atoms with Gasteiger partial charge in [0.25, 0.3) is 0 Å². The van der Waals surface area contributed by atoms with E-state index in [1.54, 1.807) is 21.3 Å². The highest BCUT2D eigenvalue weighted by Gasteiger charge is 2.21. The molecule has 0 amide bonds. The lowest BCUT2D eigenvalue weighted by Gasteiger charge is -2.32. The summed E-state index contributed by atoms with van der Waals surface area (Å²) in [5, 5.41) is 3.49. The zero-order valence-electron chi connectivity index (χ0n) is 17.1. The molecule has 6 heteroatoms. The maximum atomic E-state index is 5.46. The SMILES string of the molecule is CN=C(NCc1cccc(COC)c1)N1CCc2cc(OC)c(OC)cc2C1. The maximum absolute atomic E-state index is 5.46. The molecule has 150 valence electrons. The van der Waals surface area contributed by atoms with Crippen LogP contribution in [0.1, 0.15) is 22.3 Å². The molecule has 0 saturated carbocycles. The molecule has 2 aromatic carbocycles. The number of guanidine groups is 1. The second kappa shape index (κ2) is 9.46. The predicted octanol–water partition coefficient (Wildman–Crippen LogP) is 2.98. The molecule has 1 aliphatic heterocycles. The largest absolute Gasteiger partial charge is 0.493 e. The van der Waals surface area contributed by atoms with E-state index < -0.39 is 0 Å². The summed E-state index contributed by atoms with van der Waals surface area (Å²) in [6.07, 6.45) is 0.944. The fourth-order valence-corrected chi connectivity index (χ4v) is 3.57. The summed E-state index contributed by atoms with van der Waals surface area (Å²) >= 11 is 0. The average molecular weight is 383 g/mol. The Bertz CT molecular complexity index is 836. The van der Waals surface area contributed by atoms with E-state index in [0.717, 1.165) is 43.5 Å². The molecule has 3 rings (SSSR count). The van der Waals surface area contributed by atoms with Crippen LogP contribution in [0.15, 0.2) is 41.4 Å². The van der Waals surface area contributed by atoms with Crippen molar-refractivity contribution in [2.75, 3.05) is 34.9 Å². The molecule has 6 nitrogen and oxygen atoms in total. The van der Waals surface area contributed by atoms with Gasteiger partial charge in [-0.1, -0.05) is 24.3 Å². The molecule has 0 unspecified atom stereocenters. The van der Waals surface area contributed by atoms with Gasteiger partial charge in [-0.05, 0) is 40.8 Å². The highest BCUT2D eigenvalue weighted by molar-refractivity contribution is 5.80. The van der Waals surface area contributed by atoms with Crippen molar-refractivity contribution in [3.63, 3.8) is 0 Å². The van der Waals surface area contributed by atoms with Gasteiger partial charge < -0.3 is 24.4 Å². The smallest absolute Gasteiger partial charge is 0.194 e. The normalized spacial score (nSPS) is 13.9. The topological polar surface area (TPSA) is 55.3 Å². The summed E-state index contributed by atoms with van der Waals surface area (Å²) in [6, 6.07) is 12.6. The molecule has 0 spiro atoms. The summed E-state index contributed by atoms with van der Waals surface area (Å²) in [4.78, 5) is 6.76. The van der Waals surface area contributed by atoms with Gasteiger partial charge in [0.1, 0.15) is 0 Å². The second-order valence-corrected chi connectivity index (χ2v) is 6.80. The van der Waals surface area contributed by atoms with E-state index in [2.05, 4.69) is 51.6 Å². The number of hydrogen-bond acceptors (Lipinski definition) is 4. The first-order chi connectivity index (χ1) is 13.7. The average Bonchev–Trinajstić information content (AvgIpc) is 2.73. The fourth-order valence-electron chi connectivity index (χ4n) is 3.57. The van der Waals surface area contributed by atoms with Crippen LogP contribution in [0.25, 0.3) is 0 Å². The summed E-state index contributed by atoms with van der Waals surface area (Å²) in [5.41, 5.74) is 4.93. The van der Waals surface area contributed by atoms with E-state index >= 15 is 0 Å². The zero-order valence-corrected chi connectivity index (χ0v) is 17.1. The first-order valence-corrected chi connectivity index (χ1v) is 9.44. The van der Waals surface area contributed by atoms with Crippen LogP contribution in [0.2, 0.25) is 0 Å². The van der Waals surface area contributed by atoms with Gasteiger partial charge >= 0.3 is 0 Å². The van der Waals surface area contributed by atoms with Crippen molar-refractivity contribution in [2.45, 2.75) is 26.1 Å². The van der Waals surface area contributed by atoms with Crippen LogP contribution in [-0.2, 0) is 30.9 Å². The molecule has 0 atom stereocenters. The Morgan fingerprint density at radius 2 is 1.75 bits per heavy atom. The van der Waals surface area contributed by atoms with Crippen LogP contribution in [-0.4, -0.2) is 45.8 Å². The standard InChI is InChI=1S/C22H29N3O3/c1-23-22(24-13-16-6-5-7-17(10-16)15-26-2)25-9-8-18-11-20(27-3)21(28-4)12-19(18)14-25/h5-7,10-12H,8-9,13-15H2,1-4H3,(H,23,24). The Balaban J connectivity index is 1.68. The Kier molecular flexibility index (Phi) is 6.76. The minimum absolute atomic E-state index is 0.622. The van der Waals surface area contributed by atoms with Crippen LogP contribution in [0.4, 0.5) is 0 Å². The maximum Gasteiger partial charge on any atom is 0.194 e. The number of ether oxygens (including phenoxy) is 3. The Labute approximate surface area is 167 Å². The summed E-state index contributed by atoms with van der Waals surface area (Å²) in [6.45, 7) is 3.04. The number of nitrogens with one attached hydrogen (secondary N) is 1. The van der Waals surface area contributed by atoms with E-state index in [0.29, 0.717) is 6.61 Å². The lowest BCUT2D eigenvalue weighted by molar-refractivity contribution is 0.185. The van der Waals surface area contributed by atoms with E-state index in [4.69, 9.17) is 14.2 Å². The lowest BCUT2D eigenvalue weighted by atomic mass is 9.99. The zero-order chi connectivity index (χ0) is 19.9. The third kappa shape index (κ3) is 4.57. The molecule has 28 heavy (non-hydrogen) atoms. The van der Waals surface area contributed by atoms with Gasteiger partial charge in [-0.15, -0.1) is 0 Å². The molecule has 0 fully saturated rings. The van der Waals surface area contributed by atoms with Gasteiger partial charge in [-0.25, -0.2) is 0 Å². The van der Waals surface area contributed by atoms with Crippen LogP contribution in [0, 0.1) is 0 Å². The van der Waals surface area contributed by atoms with Gasteiger partial charge in [0, 0.05) is 33.8 Å². The van der Waals surface area contributed by atoms with Gasteiger partial charge in [0.15, 0.2) is 17.5 Å². The van der Waals surface area contributed by atoms with Crippen LogP contribution in [0.3, 0.4) is 0 Å². The third-order valence-electron chi connectivity index (χ3n) is 4.98. The molecule has 0 aliphatic carbocycles. The molecular weight excluding hydrogens is 354 g/mol. The number of methoxy groups -OCH3 is 3. The number of benzene rings is 2. The number of fused-ring (bicyclic) bond motifs is 1. The molecule has 0 radical (unpaired) electrons. The van der Waals surface area contributed by atoms with Gasteiger partial charge in [0.05, 0.1) is 20.8 Å². The number of rotatable bonds is 6. The first kappa shape index (κ1) is 20.0. The van der Waals surface area contributed by atoms with E-state index in [1.165, 1.54) is 22.3 Å². The summed E-state index contributed by atoms with van der Waals surface area (Å²) < 4.78 is 16.1. The Hall–Kier alpha value is -2.73. The first-order valence-electron chi connectivity index (χ1n) is 9.44. The number of nitrogens with zero attached hydrogens (tertiary/aromatic N) is 2. The molecule has 0 aromatic heterocycles. The van der Waals surface area contributed by atoms with Crippen molar-refractivity contribution in [1.29, 1.82) is 0 Å². The molecule has 1 aliphatic rings. The molecule has 1 heterocycles. The van der Waals surface area contributed by atoms with Crippen molar-refractivity contribution in [2.24, 2.45) is 4.99 Å². The van der Waals surface area contributed by atoms with Gasteiger partial charge in [-0.2, -0.15) is 0 Å². The van der Waals surface area contributed by atoms with Crippen molar-refractivity contribution >= 4 is 5.96 Å². The van der Waals surface area contributed by atoms with Crippen LogP contribution < -0.4 is 14.8 Å². The molecular formula is C22H29N3O3. The number of aliphatic imine (C=N–C) groups is 1. The van der Waals surface area contributed by atoms with Crippen molar-refractivity contribution < 1.29 is 14.2 Å². The minimum atomic E-state index is 0.622. The minimum Gasteiger partial charge on any atom is -0.493 e. The monoisotopic (exact) mass is 383 g/mol. The summed E-state index contributed by atoms with van der Waals surface area (Å²) in [5.74, 6) is 2.45. The van der Waals surface area contributed by atoms with Crippen LogP contribution >= 0.6 is 0 Å².